The minimum atomic E-state index is -4.03. The maximum Gasteiger partial charge on any atom is 0.309 e. The van der Waals surface area contributed by atoms with Crippen molar-refractivity contribution < 1.29 is 18.3 Å². The lowest BCUT2D eigenvalue weighted by Crippen LogP contribution is -2.43. The number of halogens is 1. The van der Waals surface area contributed by atoms with Gasteiger partial charge in [0.2, 0.25) is 0 Å². The summed E-state index contributed by atoms with van der Waals surface area (Å²) in [5.74, 6) is -0.198. The number of carbonyl (C=O) groups is 1. The van der Waals surface area contributed by atoms with Gasteiger partial charge in [-0.15, -0.1) is 0 Å². The topological polar surface area (TPSA) is 112 Å². The van der Waals surface area contributed by atoms with Crippen LogP contribution in [-0.4, -0.2) is 42.6 Å². The molecule has 35 heavy (non-hydrogen) atoms. The highest BCUT2D eigenvalue weighted by atomic mass is 35.5. The maximum absolute atomic E-state index is 13.2. The summed E-state index contributed by atoms with van der Waals surface area (Å²) in [6.07, 6.45) is 0.907. The molecule has 0 amide bonds. The number of nitrogens with zero attached hydrogens (tertiary/aromatic N) is 3. The normalized spacial score (nSPS) is 15.6. The molecule has 0 radical (unpaired) electrons. The van der Waals surface area contributed by atoms with Gasteiger partial charge in [-0.25, -0.2) is 9.97 Å². The summed E-state index contributed by atoms with van der Waals surface area (Å²) in [6.45, 7) is 6.59. The molecule has 4 rings (SSSR count). The number of benzene rings is 1. The Morgan fingerprint density at radius 3 is 2.29 bits per heavy atom. The zero-order valence-corrected chi connectivity index (χ0v) is 21.3. The number of rotatable bonds is 6. The zero-order chi connectivity index (χ0) is 25.4. The molecule has 0 saturated carbocycles. The lowest BCUT2D eigenvalue weighted by Gasteiger charge is -2.37. The van der Waals surface area contributed by atoms with Gasteiger partial charge in [-0.2, -0.15) is 8.42 Å². The summed E-state index contributed by atoms with van der Waals surface area (Å²) in [5, 5.41) is 9.72. The fourth-order valence-corrected chi connectivity index (χ4v) is 5.39. The van der Waals surface area contributed by atoms with E-state index in [0.717, 1.165) is 16.7 Å². The number of aliphatic carboxylic acids is 1. The molecule has 1 aliphatic heterocycles. The van der Waals surface area contributed by atoms with E-state index in [4.69, 9.17) is 11.6 Å². The molecule has 0 aliphatic carbocycles. The average molecular weight is 515 g/mol. The molecule has 8 nitrogen and oxygen atoms in total. The van der Waals surface area contributed by atoms with E-state index in [2.05, 4.69) is 14.7 Å². The van der Waals surface area contributed by atoms with E-state index in [1.54, 1.807) is 25.1 Å². The summed E-state index contributed by atoms with van der Waals surface area (Å²) >= 11 is 6.41. The number of carboxylic acids is 1. The number of piperidine rings is 1. The van der Waals surface area contributed by atoms with Crippen molar-refractivity contribution in [2.24, 2.45) is 5.41 Å². The Hall–Kier alpha value is -3.17. The van der Waals surface area contributed by atoms with Crippen LogP contribution >= 0.6 is 11.6 Å². The maximum atomic E-state index is 13.2. The van der Waals surface area contributed by atoms with E-state index in [9.17, 15) is 18.3 Å². The van der Waals surface area contributed by atoms with Crippen LogP contribution in [0.3, 0.4) is 0 Å². The molecule has 3 aromatic rings. The van der Waals surface area contributed by atoms with Gasteiger partial charge in [0.25, 0.3) is 10.0 Å². The van der Waals surface area contributed by atoms with Gasteiger partial charge >= 0.3 is 5.97 Å². The van der Waals surface area contributed by atoms with Crippen LogP contribution in [0.4, 0.5) is 11.6 Å². The molecule has 10 heteroatoms. The number of sulfonamides is 1. The molecule has 0 atom stereocenters. The van der Waals surface area contributed by atoms with Crippen molar-refractivity contribution in [3.05, 3.63) is 64.7 Å². The van der Waals surface area contributed by atoms with E-state index in [-0.39, 0.29) is 10.8 Å². The van der Waals surface area contributed by atoms with Gasteiger partial charge in [0, 0.05) is 18.7 Å². The van der Waals surface area contributed by atoms with Crippen LogP contribution in [0.2, 0.25) is 5.02 Å². The number of hydrogen-bond acceptors (Lipinski definition) is 6. The SMILES string of the molecule is Cc1cccc(C)c1-c1nc(NS(=O)(=O)c2cccc(N3CCC(C)(C(=O)O)CC3)n2)ccc1Cl. The van der Waals surface area contributed by atoms with Gasteiger partial charge in [0.15, 0.2) is 5.03 Å². The number of hydrogen-bond donors (Lipinski definition) is 2. The Morgan fingerprint density at radius 1 is 1.03 bits per heavy atom. The van der Waals surface area contributed by atoms with Gasteiger partial charge in [0.05, 0.1) is 16.1 Å². The Kier molecular flexibility index (Phi) is 6.75. The van der Waals surface area contributed by atoms with Crippen molar-refractivity contribution in [1.82, 2.24) is 9.97 Å². The predicted octanol–water partition coefficient (Wildman–Crippen LogP) is 4.91. The van der Waals surface area contributed by atoms with E-state index >= 15 is 0 Å². The summed E-state index contributed by atoms with van der Waals surface area (Å²) in [5.41, 5.74) is 2.54. The third-order valence-corrected chi connectivity index (χ3v) is 8.06. The van der Waals surface area contributed by atoms with Crippen molar-refractivity contribution in [2.75, 3.05) is 22.7 Å². The second-order valence-electron chi connectivity index (χ2n) is 9.09. The number of aromatic nitrogens is 2. The summed E-state index contributed by atoms with van der Waals surface area (Å²) in [7, 11) is -4.03. The Morgan fingerprint density at radius 2 is 1.66 bits per heavy atom. The van der Waals surface area contributed by atoms with Crippen molar-refractivity contribution in [2.45, 2.75) is 38.6 Å². The van der Waals surface area contributed by atoms with E-state index in [0.29, 0.717) is 42.5 Å². The minimum absolute atomic E-state index is 0.134. The first-order valence-corrected chi connectivity index (χ1v) is 13.1. The molecular weight excluding hydrogens is 488 g/mol. The highest BCUT2D eigenvalue weighted by molar-refractivity contribution is 7.92. The van der Waals surface area contributed by atoms with Gasteiger partial charge in [0.1, 0.15) is 11.6 Å². The molecule has 0 unspecified atom stereocenters. The fraction of sp³-hybridized carbons (Fsp3) is 0.320. The van der Waals surface area contributed by atoms with Gasteiger partial charge in [-0.3, -0.25) is 9.52 Å². The standard InChI is InChI=1S/C25H27ClN4O4S/c1-16-6-4-7-17(2)22(16)23-18(26)10-11-19(27-23)29-35(33,34)21-9-5-8-20(28-21)30-14-12-25(3,13-15-30)24(31)32/h4-11H,12-15H2,1-3H3,(H,27,29)(H,31,32). The first kappa shape index (κ1) is 24.9. The van der Waals surface area contributed by atoms with Crippen LogP contribution in [0.1, 0.15) is 30.9 Å². The van der Waals surface area contributed by atoms with Gasteiger partial charge in [-0.1, -0.05) is 35.9 Å². The molecule has 0 bridgehead atoms. The van der Waals surface area contributed by atoms with E-state index < -0.39 is 21.4 Å². The summed E-state index contributed by atoms with van der Waals surface area (Å²) in [6, 6.07) is 13.7. The minimum Gasteiger partial charge on any atom is -0.481 e. The van der Waals surface area contributed by atoms with Crippen molar-refractivity contribution in [1.29, 1.82) is 0 Å². The number of pyridine rings is 2. The Labute approximate surface area is 210 Å². The van der Waals surface area contributed by atoms with Crippen LogP contribution in [-0.2, 0) is 14.8 Å². The zero-order valence-electron chi connectivity index (χ0n) is 19.7. The smallest absolute Gasteiger partial charge is 0.309 e. The summed E-state index contributed by atoms with van der Waals surface area (Å²) < 4.78 is 28.8. The average Bonchev–Trinajstić information content (AvgIpc) is 2.81. The quantitative estimate of drug-likeness (QED) is 0.480. The molecule has 184 valence electrons. The first-order valence-electron chi connectivity index (χ1n) is 11.2. The largest absolute Gasteiger partial charge is 0.481 e. The lowest BCUT2D eigenvalue weighted by molar-refractivity contribution is -0.149. The highest BCUT2D eigenvalue weighted by Crippen LogP contribution is 2.34. The molecule has 1 aliphatic rings. The molecule has 3 heterocycles. The predicted molar refractivity (Wildman–Crippen MR) is 136 cm³/mol. The summed E-state index contributed by atoms with van der Waals surface area (Å²) in [4.78, 5) is 22.3. The molecule has 1 aromatic carbocycles. The monoisotopic (exact) mass is 514 g/mol. The van der Waals surface area contributed by atoms with Gasteiger partial charge in [-0.05, 0) is 69.0 Å². The fourth-order valence-electron chi connectivity index (χ4n) is 4.23. The molecule has 1 saturated heterocycles. The number of carboxylic acid groups (broad SMARTS) is 1. The first-order chi connectivity index (χ1) is 16.5. The second-order valence-corrected chi connectivity index (χ2v) is 11.1. The van der Waals surface area contributed by atoms with Crippen LogP contribution in [0, 0.1) is 19.3 Å². The highest BCUT2D eigenvalue weighted by Gasteiger charge is 2.37. The molecule has 0 spiro atoms. The van der Waals surface area contributed by atoms with E-state index in [1.807, 2.05) is 36.9 Å². The Balaban J connectivity index is 1.59. The molecular formula is C25H27ClN4O4S. The molecule has 2 aromatic heterocycles. The molecule has 2 N–H and O–H groups in total. The van der Waals surface area contributed by atoms with Crippen molar-refractivity contribution >= 4 is 39.2 Å². The van der Waals surface area contributed by atoms with E-state index in [1.165, 1.54) is 12.1 Å². The van der Waals surface area contributed by atoms with Crippen LogP contribution in [0.15, 0.2) is 53.6 Å². The van der Waals surface area contributed by atoms with Crippen molar-refractivity contribution in [3.63, 3.8) is 0 Å². The second kappa shape index (κ2) is 9.47. The number of aryl methyl sites for hydroxylation is 2. The van der Waals surface area contributed by atoms with Crippen molar-refractivity contribution in [3.8, 4) is 11.3 Å². The third kappa shape index (κ3) is 5.11. The lowest BCUT2D eigenvalue weighted by atomic mass is 9.80. The number of anilines is 2. The third-order valence-electron chi connectivity index (χ3n) is 6.49. The van der Waals surface area contributed by atoms with Gasteiger partial charge < -0.3 is 10.0 Å². The van der Waals surface area contributed by atoms with Crippen LogP contribution in [0.5, 0.6) is 0 Å². The molecule has 1 fully saturated rings. The number of nitrogens with one attached hydrogen (secondary N) is 1. The van der Waals surface area contributed by atoms with Crippen LogP contribution in [0.25, 0.3) is 11.3 Å². The Bertz CT molecular complexity index is 1370. The van der Waals surface area contributed by atoms with Crippen LogP contribution < -0.4 is 9.62 Å².